The lowest BCUT2D eigenvalue weighted by Gasteiger charge is -2.37. The number of benzene rings is 1. The highest BCUT2D eigenvalue weighted by Gasteiger charge is 2.53. The molecule has 10 nitrogen and oxygen atoms in total. The maximum Gasteiger partial charge on any atom is 0.355 e. The van der Waals surface area contributed by atoms with Crippen LogP contribution in [0, 0.1) is 0 Å². The molecule has 0 radical (unpaired) electrons. The lowest BCUT2D eigenvalue weighted by molar-refractivity contribution is -0.192. The molecule has 0 aliphatic carbocycles. The number of ether oxygens (including phenoxy) is 2. The highest BCUT2D eigenvalue weighted by Crippen LogP contribution is 2.41. The number of nitrogens with zero attached hydrogens (tertiary/aromatic N) is 2. The van der Waals surface area contributed by atoms with Gasteiger partial charge in [0.2, 0.25) is 5.60 Å². The standard InChI is InChI=1S/C25H24N4O6/c1-3-25(35-22(32)24(2,27)19(30)10-26)16-9-18-20-14(8-13-6-4-5-7-17(13)28-20)11-29(18)21(31)15(16)12-34-23(25)33/h4-9H,3,10-12,26-27H2,1-2H3/t24?,25-/m0/s1. The van der Waals surface area contributed by atoms with Gasteiger partial charge >= 0.3 is 11.9 Å². The highest BCUT2D eigenvalue weighted by atomic mass is 16.6. The van der Waals surface area contributed by atoms with Crippen molar-refractivity contribution in [3.8, 4) is 11.4 Å². The van der Waals surface area contributed by atoms with Crippen molar-refractivity contribution in [3.63, 3.8) is 0 Å². The summed E-state index contributed by atoms with van der Waals surface area (Å²) >= 11 is 0. The number of hydrogen-bond acceptors (Lipinski definition) is 9. The van der Waals surface area contributed by atoms with E-state index < -0.39 is 35.4 Å². The summed E-state index contributed by atoms with van der Waals surface area (Å²) in [5, 5.41) is 0.944. The van der Waals surface area contributed by atoms with E-state index in [1.807, 2.05) is 30.3 Å². The van der Waals surface area contributed by atoms with Gasteiger partial charge < -0.3 is 25.5 Å². The first-order valence-corrected chi connectivity index (χ1v) is 11.2. The van der Waals surface area contributed by atoms with Crippen molar-refractivity contribution in [1.29, 1.82) is 0 Å². The number of ketones is 1. The van der Waals surface area contributed by atoms with Crippen LogP contribution in [0.1, 0.15) is 37.0 Å². The number of aromatic nitrogens is 2. The fourth-order valence-corrected chi connectivity index (χ4v) is 4.67. The van der Waals surface area contributed by atoms with Gasteiger partial charge in [0.25, 0.3) is 5.56 Å². The van der Waals surface area contributed by atoms with Crippen molar-refractivity contribution in [2.75, 3.05) is 6.54 Å². The van der Waals surface area contributed by atoms with Gasteiger partial charge in [0.1, 0.15) is 6.61 Å². The lowest BCUT2D eigenvalue weighted by atomic mass is 9.85. The summed E-state index contributed by atoms with van der Waals surface area (Å²) in [6.07, 6.45) is -0.0433. The zero-order valence-electron chi connectivity index (χ0n) is 19.3. The van der Waals surface area contributed by atoms with E-state index in [1.165, 1.54) is 6.92 Å². The fraction of sp³-hybridized carbons (Fsp3) is 0.320. The molecule has 4 heterocycles. The van der Waals surface area contributed by atoms with Crippen molar-refractivity contribution in [2.45, 2.75) is 44.6 Å². The van der Waals surface area contributed by atoms with Crippen molar-refractivity contribution < 1.29 is 23.9 Å². The number of cyclic esters (lactones) is 1. The van der Waals surface area contributed by atoms with Crippen LogP contribution in [-0.2, 0) is 42.6 Å². The zero-order chi connectivity index (χ0) is 25.1. The fourth-order valence-electron chi connectivity index (χ4n) is 4.67. The van der Waals surface area contributed by atoms with E-state index >= 15 is 0 Å². The summed E-state index contributed by atoms with van der Waals surface area (Å²) in [5.74, 6) is -2.73. The number of carbonyl (C=O) groups is 3. The second-order valence-electron chi connectivity index (χ2n) is 8.98. The number of para-hydroxylation sites is 1. The van der Waals surface area contributed by atoms with Crippen LogP contribution >= 0.6 is 0 Å². The van der Waals surface area contributed by atoms with Crippen LogP contribution in [0.5, 0.6) is 0 Å². The molecule has 180 valence electrons. The Bertz CT molecular complexity index is 1490. The van der Waals surface area contributed by atoms with Crippen LogP contribution in [0.15, 0.2) is 41.2 Å². The molecule has 1 aromatic carbocycles. The SMILES string of the molecule is CC[C@@]1(OC(=O)C(C)(N)C(=O)CN)C(=O)OCc2c1cc1n(c2=O)Cc2cc3ccccc3nc2-1. The molecule has 0 spiro atoms. The molecule has 2 aliphatic heterocycles. The Morgan fingerprint density at radius 2 is 2.00 bits per heavy atom. The third-order valence-electron chi connectivity index (χ3n) is 6.84. The quantitative estimate of drug-likeness (QED) is 0.315. The molecule has 1 unspecified atom stereocenters. The van der Waals surface area contributed by atoms with Gasteiger partial charge in [-0.2, -0.15) is 0 Å². The number of Topliss-reactive ketones (excluding diaryl/α,β-unsaturated/α-hetero) is 1. The van der Waals surface area contributed by atoms with Crippen molar-refractivity contribution >= 4 is 28.6 Å². The third-order valence-corrected chi connectivity index (χ3v) is 6.84. The molecule has 4 N–H and O–H groups in total. The Labute approximate surface area is 199 Å². The van der Waals surface area contributed by atoms with Crippen LogP contribution in [0.2, 0.25) is 0 Å². The van der Waals surface area contributed by atoms with Crippen LogP contribution < -0.4 is 17.0 Å². The lowest BCUT2D eigenvalue weighted by Crippen LogP contribution is -2.58. The predicted molar refractivity (Wildman–Crippen MR) is 125 cm³/mol. The first-order chi connectivity index (χ1) is 16.6. The third kappa shape index (κ3) is 3.21. The summed E-state index contributed by atoms with van der Waals surface area (Å²) in [6, 6.07) is 11.2. The van der Waals surface area contributed by atoms with Gasteiger partial charge in [0.15, 0.2) is 11.3 Å². The molecule has 5 rings (SSSR count). The predicted octanol–water partition coefficient (Wildman–Crippen LogP) is 0.876. The minimum atomic E-state index is -2.08. The largest absolute Gasteiger partial charge is 0.457 e. The number of esters is 2. The van der Waals surface area contributed by atoms with Gasteiger partial charge in [-0.05, 0) is 31.5 Å². The molecule has 0 saturated heterocycles. The normalized spacial score (nSPS) is 19.8. The van der Waals surface area contributed by atoms with Gasteiger partial charge in [0, 0.05) is 16.5 Å². The summed E-state index contributed by atoms with van der Waals surface area (Å²) in [5.41, 5.74) is 10.1. The number of pyridine rings is 2. The van der Waals surface area contributed by atoms with Crippen molar-refractivity contribution in [3.05, 3.63) is 63.4 Å². The second kappa shape index (κ2) is 7.82. The van der Waals surface area contributed by atoms with E-state index in [-0.39, 0.29) is 29.7 Å². The van der Waals surface area contributed by atoms with Crippen molar-refractivity contribution in [1.82, 2.24) is 9.55 Å². The minimum absolute atomic E-state index is 0.0433. The maximum atomic E-state index is 13.5. The summed E-state index contributed by atoms with van der Waals surface area (Å²) < 4.78 is 12.5. The molecular formula is C25H24N4O6. The van der Waals surface area contributed by atoms with Gasteiger partial charge in [-0.3, -0.25) is 9.59 Å². The molecule has 35 heavy (non-hydrogen) atoms. The molecule has 3 aromatic rings. The smallest absolute Gasteiger partial charge is 0.355 e. The number of nitrogens with two attached hydrogens (primary N) is 2. The average molecular weight is 476 g/mol. The van der Waals surface area contributed by atoms with Crippen LogP contribution in [0.4, 0.5) is 0 Å². The monoisotopic (exact) mass is 476 g/mol. The number of carbonyl (C=O) groups excluding carboxylic acids is 3. The van der Waals surface area contributed by atoms with Crippen LogP contribution in [0.25, 0.3) is 22.3 Å². The Hall–Kier alpha value is -3.89. The molecule has 0 saturated carbocycles. The first-order valence-electron chi connectivity index (χ1n) is 11.2. The molecule has 2 atom stereocenters. The Kier molecular flexibility index (Phi) is 5.11. The van der Waals surface area contributed by atoms with Gasteiger partial charge in [-0.1, -0.05) is 25.1 Å². The van der Waals surface area contributed by atoms with E-state index in [9.17, 15) is 19.2 Å². The van der Waals surface area contributed by atoms with Gasteiger partial charge in [0.05, 0.1) is 35.6 Å². The molecule has 0 fully saturated rings. The van der Waals surface area contributed by atoms with E-state index in [0.29, 0.717) is 17.9 Å². The molecule has 0 amide bonds. The molecule has 2 aromatic heterocycles. The number of hydrogen-bond donors (Lipinski definition) is 2. The van der Waals surface area contributed by atoms with E-state index in [4.69, 9.17) is 25.9 Å². The second-order valence-corrected chi connectivity index (χ2v) is 8.98. The van der Waals surface area contributed by atoms with Gasteiger partial charge in [-0.15, -0.1) is 0 Å². The molecular weight excluding hydrogens is 452 g/mol. The summed E-state index contributed by atoms with van der Waals surface area (Å²) in [4.78, 5) is 56.5. The van der Waals surface area contributed by atoms with Gasteiger partial charge in [-0.25, -0.2) is 14.6 Å². The average Bonchev–Trinajstić information content (AvgIpc) is 3.21. The van der Waals surface area contributed by atoms with E-state index in [1.54, 1.807) is 17.6 Å². The van der Waals surface area contributed by atoms with Crippen molar-refractivity contribution in [2.24, 2.45) is 11.5 Å². The number of rotatable bonds is 5. The highest BCUT2D eigenvalue weighted by molar-refractivity contribution is 6.09. The van der Waals surface area contributed by atoms with Crippen LogP contribution in [-0.4, -0.2) is 39.4 Å². The Balaban J connectivity index is 1.69. The minimum Gasteiger partial charge on any atom is -0.457 e. The first kappa shape index (κ1) is 22.9. The summed E-state index contributed by atoms with van der Waals surface area (Å²) in [6.45, 7) is 2.36. The maximum absolute atomic E-state index is 13.5. The summed E-state index contributed by atoms with van der Waals surface area (Å²) in [7, 11) is 0. The van der Waals surface area contributed by atoms with Crippen LogP contribution in [0.3, 0.4) is 0 Å². The molecule has 0 bridgehead atoms. The Morgan fingerprint density at radius 1 is 1.26 bits per heavy atom. The molecule has 2 aliphatic rings. The zero-order valence-corrected chi connectivity index (χ0v) is 19.3. The topological polar surface area (TPSA) is 157 Å². The van der Waals surface area contributed by atoms with E-state index in [0.717, 1.165) is 16.5 Å². The number of fused-ring (bicyclic) bond motifs is 5. The molecule has 10 heteroatoms. The van der Waals surface area contributed by atoms with E-state index in [2.05, 4.69) is 0 Å². The Morgan fingerprint density at radius 3 is 2.71 bits per heavy atom.